The number of aromatic nitrogens is 2. The summed E-state index contributed by atoms with van der Waals surface area (Å²) < 4.78 is 10.9. The molecule has 1 aromatic carbocycles. The highest BCUT2D eigenvalue weighted by Gasteiger charge is 2.22. The second kappa shape index (κ2) is 8.47. The summed E-state index contributed by atoms with van der Waals surface area (Å²) in [6.07, 6.45) is 3.38. The minimum absolute atomic E-state index is 0.0376. The van der Waals surface area contributed by atoms with Crippen molar-refractivity contribution in [3.8, 4) is 5.75 Å². The maximum Gasteiger partial charge on any atom is 0.276 e. The van der Waals surface area contributed by atoms with E-state index in [4.69, 9.17) is 9.26 Å². The van der Waals surface area contributed by atoms with Crippen molar-refractivity contribution < 1.29 is 18.8 Å². The van der Waals surface area contributed by atoms with Gasteiger partial charge in [0.25, 0.3) is 5.91 Å². The number of hydrogen-bond acceptors (Lipinski definition) is 6. The van der Waals surface area contributed by atoms with Crippen molar-refractivity contribution in [2.45, 2.75) is 26.5 Å². The number of ether oxygens (including phenoxy) is 1. The van der Waals surface area contributed by atoms with Gasteiger partial charge in [0.15, 0.2) is 17.2 Å². The SMILES string of the molecule is CC(=O)c1cccc(OCc2cc(C(=O)N(C)C(C)c3ccncc3)no2)c1. The van der Waals surface area contributed by atoms with Crippen molar-refractivity contribution in [3.05, 3.63) is 77.4 Å². The van der Waals surface area contributed by atoms with Crippen LogP contribution in [0, 0.1) is 0 Å². The molecule has 7 heteroatoms. The molecular weight excluding hydrogens is 358 g/mol. The molecule has 0 aliphatic heterocycles. The normalized spacial score (nSPS) is 11.7. The summed E-state index contributed by atoms with van der Waals surface area (Å²) in [4.78, 5) is 29.7. The average molecular weight is 379 g/mol. The highest BCUT2D eigenvalue weighted by Crippen LogP contribution is 2.21. The fourth-order valence-electron chi connectivity index (χ4n) is 2.66. The van der Waals surface area contributed by atoms with Crippen LogP contribution in [0.2, 0.25) is 0 Å². The van der Waals surface area contributed by atoms with E-state index in [-0.39, 0.29) is 30.0 Å². The molecule has 1 amide bonds. The molecule has 0 saturated carbocycles. The maximum absolute atomic E-state index is 12.7. The van der Waals surface area contributed by atoms with E-state index in [9.17, 15) is 9.59 Å². The van der Waals surface area contributed by atoms with Crippen LogP contribution in [0.5, 0.6) is 5.75 Å². The lowest BCUT2D eigenvalue weighted by atomic mass is 10.1. The van der Waals surface area contributed by atoms with Gasteiger partial charge in [-0.15, -0.1) is 0 Å². The molecule has 0 fully saturated rings. The number of amides is 1. The number of pyridine rings is 1. The van der Waals surface area contributed by atoms with Gasteiger partial charge in [-0.2, -0.15) is 0 Å². The average Bonchev–Trinajstić information content (AvgIpc) is 3.20. The zero-order valence-corrected chi connectivity index (χ0v) is 16.0. The van der Waals surface area contributed by atoms with Crippen LogP contribution < -0.4 is 4.74 Å². The zero-order chi connectivity index (χ0) is 20.1. The fourth-order valence-corrected chi connectivity index (χ4v) is 2.66. The molecule has 7 nitrogen and oxygen atoms in total. The molecule has 0 aliphatic carbocycles. The van der Waals surface area contributed by atoms with Crippen LogP contribution in [0.4, 0.5) is 0 Å². The molecule has 0 spiro atoms. The monoisotopic (exact) mass is 379 g/mol. The van der Waals surface area contributed by atoms with E-state index in [0.29, 0.717) is 17.1 Å². The zero-order valence-electron chi connectivity index (χ0n) is 16.0. The Morgan fingerprint density at radius 2 is 1.93 bits per heavy atom. The number of nitrogens with zero attached hydrogens (tertiary/aromatic N) is 3. The van der Waals surface area contributed by atoms with Gasteiger partial charge in [0, 0.05) is 31.1 Å². The van der Waals surface area contributed by atoms with Crippen molar-refractivity contribution in [2.24, 2.45) is 0 Å². The quantitative estimate of drug-likeness (QED) is 0.582. The molecule has 1 atom stereocenters. The molecule has 2 aromatic heterocycles. The minimum atomic E-state index is -0.252. The highest BCUT2D eigenvalue weighted by molar-refractivity contribution is 5.94. The van der Waals surface area contributed by atoms with Gasteiger partial charge in [-0.05, 0) is 43.7 Å². The van der Waals surface area contributed by atoms with E-state index in [1.165, 1.54) is 6.92 Å². The summed E-state index contributed by atoms with van der Waals surface area (Å²) in [5.74, 6) is 0.671. The Morgan fingerprint density at radius 3 is 2.64 bits per heavy atom. The number of rotatable bonds is 7. The first kappa shape index (κ1) is 19.3. The molecule has 0 bridgehead atoms. The number of carbonyl (C=O) groups is 2. The molecule has 3 rings (SSSR count). The van der Waals surface area contributed by atoms with Crippen LogP contribution in [-0.2, 0) is 6.61 Å². The molecule has 3 aromatic rings. The third kappa shape index (κ3) is 4.43. The lowest BCUT2D eigenvalue weighted by Gasteiger charge is -2.24. The summed E-state index contributed by atoms with van der Waals surface area (Å²) in [6.45, 7) is 3.53. The molecule has 2 heterocycles. The lowest BCUT2D eigenvalue weighted by molar-refractivity contribution is 0.0731. The lowest BCUT2D eigenvalue weighted by Crippen LogP contribution is -2.29. The van der Waals surface area contributed by atoms with Crippen LogP contribution in [-0.4, -0.2) is 33.8 Å². The molecule has 1 unspecified atom stereocenters. The molecule has 144 valence electrons. The summed E-state index contributed by atoms with van der Waals surface area (Å²) in [5, 5.41) is 3.86. The summed E-state index contributed by atoms with van der Waals surface area (Å²) >= 11 is 0. The number of hydrogen-bond donors (Lipinski definition) is 0. The van der Waals surface area contributed by atoms with E-state index in [1.54, 1.807) is 54.7 Å². The Hall–Kier alpha value is -3.48. The van der Waals surface area contributed by atoms with Gasteiger partial charge in [-0.1, -0.05) is 17.3 Å². The fraction of sp³-hybridized carbons (Fsp3) is 0.238. The first-order chi connectivity index (χ1) is 13.5. The predicted molar refractivity (Wildman–Crippen MR) is 102 cm³/mol. The Balaban J connectivity index is 1.64. The van der Waals surface area contributed by atoms with Crippen molar-refractivity contribution in [3.63, 3.8) is 0 Å². The third-order valence-electron chi connectivity index (χ3n) is 4.49. The largest absolute Gasteiger partial charge is 0.486 e. The van der Waals surface area contributed by atoms with Crippen molar-refractivity contribution in [1.29, 1.82) is 0 Å². The van der Waals surface area contributed by atoms with Gasteiger partial charge in [-0.25, -0.2) is 0 Å². The Kier molecular flexibility index (Phi) is 5.84. The second-order valence-corrected chi connectivity index (χ2v) is 6.42. The van der Waals surface area contributed by atoms with Crippen molar-refractivity contribution in [2.75, 3.05) is 7.05 Å². The molecule has 0 saturated heterocycles. The van der Waals surface area contributed by atoms with Crippen molar-refractivity contribution in [1.82, 2.24) is 15.0 Å². The van der Waals surface area contributed by atoms with Crippen LogP contribution in [0.15, 0.2) is 59.4 Å². The van der Waals surface area contributed by atoms with Gasteiger partial charge in [0.1, 0.15) is 12.4 Å². The summed E-state index contributed by atoms with van der Waals surface area (Å²) in [6, 6.07) is 12.0. The summed E-state index contributed by atoms with van der Waals surface area (Å²) in [7, 11) is 1.71. The van der Waals surface area contributed by atoms with Crippen molar-refractivity contribution >= 4 is 11.7 Å². The molecule has 0 N–H and O–H groups in total. The minimum Gasteiger partial charge on any atom is -0.486 e. The second-order valence-electron chi connectivity index (χ2n) is 6.42. The van der Waals surface area contributed by atoms with E-state index >= 15 is 0 Å². The molecule has 0 radical (unpaired) electrons. The number of carbonyl (C=O) groups excluding carboxylic acids is 2. The Labute approximate surface area is 162 Å². The number of benzene rings is 1. The number of Topliss-reactive ketones (excluding diaryl/α,β-unsaturated/α-hetero) is 1. The molecule has 28 heavy (non-hydrogen) atoms. The van der Waals surface area contributed by atoms with Crippen LogP contribution >= 0.6 is 0 Å². The van der Waals surface area contributed by atoms with Gasteiger partial charge >= 0.3 is 0 Å². The first-order valence-corrected chi connectivity index (χ1v) is 8.82. The van der Waals surface area contributed by atoms with E-state index < -0.39 is 0 Å². The smallest absolute Gasteiger partial charge is 0.276 e. The van der Waals surface area contributed by atoms with E-state index in [2.05, 4.69) is 10.1 Å². The predicted octanol–water partition coefficient (Wildman–Crippen LogP) is 3.68. The van der Waals surface area contributed by atoms with E-state index in [1.807, 2.05) is 19.1 Å². The van der Waals surface area contributed by atoms with Gasteiger partial charge in [-0.3, -0.25) is 14.6 Å². The molecular formula is C21H21N3O4. The Morgan fingerprint density at radius 1 is 1.18 bits per heavy atom. The van der Waals surface area contributed by atoms with Crippen LogP contribution in [0.1, 0.15) is 52.1 Å². The van der Waals surface area contributed by atoms with Crippen LogP contribution in [0.3, 0.4) is 0 Å². The Bertz CT molecular complexity index is 969. The molecule has 0 aliphatic rings. The first-order valence-electron chi connectivity index (χ1n) is 8.82. The topological polar surface area (TPSA) is 85.5 Å². The number of ketones is 1. The summed E-state index contributed by atoms with van der Waals surface area (Å²) in [5.41, 5.74) is 1.75. The van der Waals surface area contributed by atoms with E-state index in [0.717, 1.165) is 5.56 Å². The third-order valence-corrected chi connectivity index (χ3v) is 4.49. The van der Waals surface area contributed by atoms with Crippen LogP contribution in [0.25, 0.3) is 0 Å². The van der Waals surface area contributed by atoms with Gasteiger partial charge in [0.05, 0.1) is 6.04 Å². The maximum atomic E-state index is 12.7. The standard InChI is InChI=1S/C21H21N3O4/c1-14(16-7-9-22-10-8-16)24(3)21(26)20-12-19(28-23-20)13-27-18-6-4-5-17(11-18)15(2)25/h4-12,14H,13H2,1-3H3. The highest BCUT2D eigenvalue weighted by atomic mass is 16.5. The van der Waals surface area contributed by atoms with Gasteiger partial charge < -0.3 is 14.2 Å². The van der Waals surface area contributed by atoms with Gasteiger partial charge in [0.2, 0.25) is 0 Å².